The number of H-pyrrole nitrogens is 1. The smallest absolute Gasteiger partial charge is 0.295 e. The molecular formula is C23H18N4O4. The third kappa shape index (κ3) is 3.78. The van der Waals surface area contributed by atoms with Crippen LogP contribution in [0.5, 0.6) is 17.4 Å². The molecule has 0 bridgehead atoms. The first-order valence-electron chi connectivity index (χ1n) is 9.65. The molecular weight excluding hydrogens is 396 g/mol. The average Bonchev–Trinajstić information content (AvgIpc) is 3.39. The van der Waals surface area contributed by atoms with Crippen LogP contribution in [0.25, 0.3) is 10.9 Å². The fraction of sp³-hybridized carbons (Fsp3) is 0.0870. The number of aromatic hydroxyl groups is 1. The summed E-state index contributed by atoms with van der Waals surface area (Å²) in [6.45, 7) is 0.850. The Morgan fingerprint density at radius 3 is 2.71 bits per heavy atom. The van der Waals surface area contributed by atoms with Gasteiger partial charge in [0.1, 0.15) is 0 Å². The van der Waals surface area contributed by atoms with Crippen LogP contribution >= 0.6 is 0 Å². The summed E-state index contributed by atoms with van der Waals surface area (Å²) in [5, 5.41) is 21.7. The van der Waals surface area contributed by atoms with Gasteiger partial charge in [0.05, 0.1) is 5.52 Å². The quantitative estimate of drug-likeness (QED) is 0.392. The third-order valence-electron chi connectivity index (χ3n) is 4.97. The SMILES string of the molecule is O=C(N=Nc1c(O)[nH]c2ccccc12)c1ccc(NCc2ccc3c(c2)OCO3)cc1. The van der Waals surface area contributed by atoms with E-state index in [-0.39, 0.29) is 18.4 Å². The molecule has 5 rings (SSSR count). The highest BCUT2D eigenvalue weighted by Gasteiger charge is 2.13. The number of ether oxygens (including phenoxy) is 2. The Hall–Kier alpha value is -4.33. The van der Waals surface area contributed by atoms with Crippen LogP contribution in [0.15, 0.2) is 77.0 Å². The van der Waals surface area contributed by atoms with Gasteiger partial charge in [0.2, 0.25) is 12.7 Å². The van der Waals surface area contributed by atoms with E-state index in [4.69, 9.17) is 9.47 Å². The maximum absolute atomic E-state index is 12.4. The average molecular weight is 414 g/mol. The second-order valence-electron chi connectivity index (χ2n) is 6.99. The Labute approximate surface area is 177 Å². The van der Waals surface area contributed by atoms with Crippen molar-refractivity contribution in [2.45, 2.75) is 6.54 Å². The molecule has 3 N–H and O–H groups in total. The normalized spacial score (nSPS) is 12.5. The van der Waals surface area contributed by atoms with E-state index in [1.165, 1.54) is 0 Å². The number of aromatic nitrogens is 1. The molecule has 0 spiro atoms. The lowest BCUT2D eigenvalue weighted by Crippen LogP contribution is -2.00. The van der Waals surface area contributed by atoms with E-state index in [0.717, 1.165) is 28.3 Å². The number of anilines is 1. The van der Waals surface area contributed by atoms with Crippen LogP contribution in [0.4, 0.5) is 11.4 Å². The third-order valence-corrected chi connectivity index (χ3v) is 4.97. The summed E-state index contributed by atoms with van der Waals surface area (Å²) >= 11 is 0. The first kappa shape index (κ1) is 18.7. The van der Waals surface area contributed by atoms with Gasteiger partial charge in [-0.3, -0.25) is 4.79 Å². The highest BCUT2D eigenvalue weighted by molar-refractivity contribution is 5.97. The highest BCUT2D eigenvalue weighted by Crippen LogP contribution is 2.35. The summed E-state index contributed by atoms with van der Waals surface area (Å²) < 4.78 is 10.7. The lowest BCUT2D eigenvalue weighted by atomic mass is 10.1. The molecule has 31 heavy (non-hydrogen) atoms. The zero-order valence-electron chi connectivity index (χ0n) is 16.3. The second-order valence-corrected chi connectivity index (χ2v) is 6.99. The Morgan fingerprint density at radius 2 is 1.84 bits per heavy atom. The first-order chi connectivity index (χ1) is 15.2. The van der Waals surface area contributed by atoms with E-state index in [1.807, 2.05) is 36.4 Å². The van der Waals surface area contributed by atoms with E-state index >= 15 is 0 Å². The van der Waals surface area contributed by atoms with Crippen molar-refractivity contribution >= 4 is 28.2 Å². The van der Waals surface area contributed by atoms with E-state index in [0.29, 0.717) is 17.5 Å². The number of amides is 1. The standard InChI is InChI=1S/C23H18N4O4/c28-22(27-26-21-17-3-1-2-4-18(17)25-23(21)29)15-6-8-16(9-7-15)24-12-14-5-10-19-20(11-14)31-13-30-19/h1-11,24-25,29H,12-13H2. The van der Waals surface area contributed by atoms with Gasteiger partial charge >= 0.3 is 0 Å². The molecule has 1 aliphatic heterocycles. The number of aromatic amines is 1. The molecule has 1 aromatic heterocycles. The van der Waals surface area contributed by atoms with Gasteiger partial charge in [0, 0.05) is 23.2 Å². The molecule has 0 unspecified atom stereocenters. The van der Waals surface area contributed by atoms with E-state index in [9.17, 15) is 9.90 Å². The van der Waals surface area contributed by atoms with Crippen LogP contribution in [0.2, 0.25) is 0 Å². The number of para-hydroxylation sites is 1. The summed E-state index contributed by atoms with van der Waals surface area (Å²) in [5.74, 6) is 0.876. The van der Waals surface area contributed by atoms with Crippen LogP contribution in [0.1, 0.15) is 15.9 Å². The largest absolute Gasteiger partial charge is 0.493 e. The Bertz CT molecular complexity index is 1290. The number of hydrogen-bond acceptors (Lipinski definition) is 6. The number of benzene rings is 3. The molecule has 1 amide bonds. The van der Waals surface area contributed by atoms with Crippen molar-refractivity contribution < 1.29 is 19.4 Å². The number of nitrogens with one attached hydrogen (secondary N) is 2. The summed E-state index contributed by atoms with van der Waals surface area (Å²) in [6, 6.07) is 20.0. The highest BCUT2D eigenvalue weighted by atomic mass is 16.7. The fourth-order valence-electron chi connectivity index (χ4n) is 3.35. The number of hydrogen-bond donors (Lipinski definition) is 3. The summed E-state index contributed by atoms with van der Waals surface area (Å²) in [6.07, 6.45) is 0. The summed E-state index contributed by atoms with van der Waals surface area (Å²) in [4.78, 5) is 15.2. The molecule has 4 aromatic rings. The number of nitrogens with zero attached hydrogens (tertiary/aromatic N) is 2. The van der Waals surface area contributed by atoms with Crippen LogP contribution in [0, 0.1) is 0 Å². The summed E-state index contributed by atoms with van der Waals surface area (Å²) in [5.41, 5.74) is 3.28. The molecule has 0 aliphatic carbocycles. The Morgan fingerprint density at radius 1 is 1.03 bits per heavy atom. The molecule has 0 atom stereocenters. The number of carbonyl (C=O) groups excluding carboxylic acids is 1. The molecule has 154 valence electrons. The molecule has 0 saturated heterocycles. The Kier molecular flexibility index (Phi) is 4.72. The molecule has 3 aromatic carbocycles. The molecule has 2 heterocycles. The van der Waals surface area contributed by atoms with Gasteiger partial charge in [-0.05, 0) is 48.0 Å². The second kappa shape index (κ2) is 7.83. The topological polar surface area (TPSA) is 108 Å². The Balaban J connectivity index is 1.24. The summed E-state index contributed by atoms with van der Waals surface area (Å²) in [7, 11) is 0. The van der Waals surface area contributed by atoms with Gasteiger partial charge in [-0.1, -0.05) is 24.3 Å². The van der Waals surface area contributed by atoms with Gasteiger partial charge in [-0.15, -0.1) is 10.2 Å². The fourth-order valence-corrected chi connectivity index (χ4v) is 3.35. The molecule has 8 heteroatoms. The van der Waals surface area contributed by atoms with Crippen LogP contribution in [-0.4, -0.2) is 22.8 Å². The van der Waals surface area contributed by atoms with Crippen molar-refractivity contribution in [3.8, 4) is 17.4 Å². The first-order valence-corrected chi connectivity index (χ1v) is 9.65. The number of rotatable bonds is 5. The van der Waals surface area contributed by atoms with Gasteiger partial charge in [0.25, 0.3) is 5.91 Å². The van der Waals surface area contributed by atoms with Gasteiger partial charge in [-0.2, -0.15) is 0 Å². The molecule has 1 aliphatic rings. The molecule has 0 radical (unpaired) electrons. The number of fused-ring (bicyclic) bond motifs is 2. The van der Waals surface area contributed by atoms with Gasteiger partial charge in [0.15, 0.2) is 17.2 Å². The van der Waals surface area contributed by atoms with Crippen molar-refractivity contribution in [1.29, 1.82) is 0 Å². The lowest BCUT2D eigenvalue weighted by molar-refractivity contribution is 0.0995. The predicted octanol–water partition coefficient (Wildman–Crippen LogP) is 5.14. The zero-order valence-corrected chi connectivity index (χ0v) is 16.3. The molecule has 0 fully saturated rings. The minimum atomic E-state index is -0.494. The van der Waals surface area contributed by atoms with Gasteiger partial charge in [-0.25, -0.2) is 0 Å². The van der Waals surface area contributed by atoms with Crippen molar-refractivity contribution in [3.05, 3.63) is 77.9 Å². The van der Waals surface area contributed by atoms with Crippen LogP contribution in [0.3, 0.4) is 0 Å². The zero-order chi connectivity index (χ0) is 21.2. The maximum Gasteiger partial charge on any atom is 0.295 e. The number of carbonyl (C=O) groups is 1. The van der Waals surface area contributed by atoms with E-state index in [2.05, 4.69) is 20.5 Å². The molecule has 8 nitrogen and oxygen atoms in total. The van der Waals surface area contributed by atoms with Crippen molar-refractivity contribution in [2.75, 3.05) is 12.1 Å². The van der Waals surface area contributed by atoms with Crippen LogP contribution < -0.4 is 14.8 Å². The minimum absolute atomic E-state index is 0.124. The van der Waals surface area contributed by atoms with Gasteiger partial charge < -0.3 is 24.9 Å². The van der Waals surface area contributed by atoms with E-state index < -0.39 is 5.91 Å². The monoisotopic (exact) mass is 414 g/mol. The number of azo groups is 1. The molecule has 0 saturated carbocycles. The van der Waals surface area contributed by atoms with Crippen molar-refractivity contribution in [2.24, 2.45) is 10.2 Å². The lowest BCUT2D eigenvalue weighted by Gasteiger charge is -2.07. The minimum Gasteiger partial charge on any atom is -0.493 e. The van der Waals surface area contributed by atoms with Crippen LogP contribution in [-0.2, 0) is 6.54 Å². The van der Waals surface area contributed by atoms with Crippen molar-refractivity contribution in [1.82, 2.24) is 4.98 Å². The maximum atomic E-state index is 12.4. The van der Waals surface area contributed by atoms with E-state index in [1.54, 1.807) is 30.3 Å². The van der Waals surface area contributed by atoms with Crippen molar-refractivity contribution in [3.63, 3.8) is 0 Å². The predicted molar refractivity (Wildman–Crippen MR) is 115 cm³/mol.